The number of hydrogen-bond donors (Lipinski definition) is 2. The maximum absolute atomic E-state index is 10.4. The average molecular weight is 349 g/mol. The molecule has 1 unspecified atom stereocenters. The van der Waals surface area contributed by atoms with E-state index in [4.69, 9.17) is 5.41 Å². The van der Waals surface area contributed by atoms with Gasteiger partial charge in [0.25, 0.3) is 0 Å². The minimum Gasteiger partial charge on any atom is -0.387 e. The molecule has 0 fully saturated rings. The lowest BCUT2D eigenvalue weighted by atomic mass is 10.1. The molecule has 0 radical (unpaired) electrons. The molecule has 20 heavy (non-hydrogen) atoms. The van der Waals surface area contributed by atoms with E-state index in [1.165, 1.54) is 11.3 Å². The van der Waals surface area contributed by atoms with Crippen LogP contribution in [-0.4, -0.2) is 9.67 Å². The van der Waals surface area contributed by atoms with Crippen molar-refractivity contribution in [3.05, 3.63) is 63.4 Å². The summed E-state index contributed by atoms with van der Waals surface area (Å²) >= 11 is 4.81. The van der Waals surface area contributed by atoms with Gasteiger partial charge in [-0.05, 0) is 29.8 Å². The molecule has 0 aliphatic rings. The van der Waals surface area contributed by atoms with Gasteiger partial charge in [0.1, 0.15) is 0 Å². The Hall–Kier alpha value is -1.43. The number of benzene rings is 2. The van der Waals surface area contributed by atoms with Gasteiger partial charge in [-0.1, -0.05) is 51.5 Å². The van der Waals surface area contributed by atoms with Crippen molar-refractivity contribution in [1.29, 1.82) is 5.41 Å². The molecule has 0 saturated heterocycles. The van der Waals surface area contributed by atoms with Gasteiger partial charge < -0.3 is 9.67 Å². The van der Waals surface area contributed by atoms with Crippen LogP contribution in [0.15, 0.2) is 53.0 Å². The molecular weight excluding hydrogens is 336 g/mol. The van der Waals surface area contributed by atoms with Crippen LogP contribution in [0.3, 0.4) is 0 Å². The molecule has 1 atom stereocenters. The number of para-hydroxylation sites is 1. The van der Waals surface area contributed by atoms with Crippen molar-refractivity contribution in [3.63, 3.8) is 0 Å². The largest absolute Gasteiger partial charge is 0.387 e. The third kappa shape index (κ3) is 2.57. The van der Waals surface area contributed by atoms with Gasteiger partial charge in [0.15, 0.2) is 4.80 Å². The molecule has 0 saturated carbocycles. The summed E-state index contributed by atoms with van der Waals surface area (Å²) in [5, 5.41) is 18.4. The Balaban J connectivity index is 1.95. The number of nitrogens with one attached hydrogen (secondary N) is 1. The maximum Gasteiger partial charge on any atom is 0.183 e. The van der Waals surface area contributed by atoms with Crippen LogP contribution in [0.5, 0.6) is 0 Å². The minimum atomic E-state index is -0.616. The molecule has 3 nitrogen and oxygen atoms in total. The van der Waals surface area contributed by atoms with Crippen LogP contribution in [0.1, 0.15) is 11.7 Å². The van der Waals surface area contributed by atoms with Crippen LogP contribution in [-0.2, 0) is 6.54 Å². The van der Waals surface area contributed by atoms with Crippen molar-refractivity contribution in [2.75, 3.05) is 0 Å². The number of nitrogens with zero attached hydrogens (tertiary/aromatic N) is 1. The van der Waals surface area contributed by atoms with Gasteiger partial charge in [0, 0.05) is 4.47 Å². The highest BCUT2D eigenvalue weighted by Crippen LogP contribution is 2.21. The number of thiazole rings is 1. The molecule has 0 amide bonds. The number of aliphatic hydroxyl groups is 1. The van der Waals surface area contributed by atoms with Gasteiger partial charge in [0.2, 0.25) is 0 Å². The van der Waals surface area contributed by atoms with Crippen LogP contribution in [0, 0.1) is 5.41 Å². The van der Waals surface area contributed by atoms with Gasteiger partial charge in [0.05, 0.1) is 22.9 Å². The number of fused-ring (bicyclic) bond motifs is 1. The summed E-state index contributed by atoms with van der Waals surface area (Å²) in [4.78, 5) is 0.461. The van der Waals surface area contributed by atoms with Crippen molar-refractivity contribution in [3.8, 4) is 0 Å². The maximum atomic E-state index is 10.4. The van der Waals surface area contributed by atoms with E-state index in [1.54, 1.807) is 0 Å². The zero-order valence-electron chi connectivity index (χ0n) is 10.6. The standard InChI is InChI=1S/C15H13BrN2OS/c16-11-7-5-10(6-8-11)13(19)9-18-12-3-1-2-4-14(12)20-15(18)17/h1-8,13,17,19H,9H2. The molecule has 2 aromatic carbocycles. The van der Waals surface area contributed by atoms with Crippen molar-refractivity contribution in [2.45, 2.75) is 12.6 Å². The van der Waals surface area contributed by atoms with Crippen molar-refractivity contribution >= 4 is 37.5 Å². The topological polar surface area (TPSA) is 49.0 Å². The predicted octanol–water partition coefficient (Wildman–Crippen LogP) is 3.68. The lowest BCUT2D eigenvalue weighted by molar-refractivity contribution is 0.157. The second-order valence-electron chi connectivity index (χ2n) is 4.55. The van der Waals surface area contributed by atoms with Crippen molar-refractivity contribution in [2.24, 2.45) is 0 Å². The normalized spacial score (nSPS) is 12.7. The Morgan fingerprint density at radius 1 is 1.15 bits per heavy atom. The summed E-state index contributed by atoms with van der Waals surface area (Å²) in [6, 6.07) is 15.5. The van der Waals surface area contributed by atoms with Gasteiger partial charge in [-0.25, -0.2) is 0 Å². The first-order valence-corrected chi connectivity index (χ1v) is 7.82. The summed E-state index contributed by atoms with van der Waals surface area (Å²) in [5.74, 6) is 0. The molecule has 0 aliphatic heterocycles. The van der Waals surface area contributed by atoms with Gasteiger partial charge in [-0.2, -0.15) is 0 Å². The number of aromatic nitrogens is 1. The summed E-state index contributed by atoms with van der Waals surface area (Å²) in [6.07, 6.45) is -0.616. The van der Waals surface area contributed by atoms with E-state index in [-0.39, 0.29) is 0 Å². The second-order valence-corrected chi connectivity index (χ2v) is 6.50. The smallest absolute Gasteiger partial charge is 0.183 e. The lowest BCUT2D eigenvalue weighted by Gasteiger charge is -2.13. The molecule has 2 N–H and O–H groups in total. The summed E-state index contributed by atoms with van der Waals surface area (Å²) in [6.45, 7) is 0.393. The van der Waals surface area contributed by atoms with E-state index >= 15 is 0 Å². The number of hydrogen-bond acceptors (Lipinski definition) is 3. The zero-order valence-corrected chi connectivity index (χ0v) is 13.0. The van der Waals surface area contributed by atoms with Crippen LogP contribution in [0.4, 0.5) is 0 Å². The van der Waals surface area contributed by atoms with Crippen LogP contribution >= 0.6 is 27.3 Å². The van der Waals surface area contributed by atoms with Crippen LogP contribution in [0.2, 0.25) is 0 Å². The van der Waals surface area contributed by atoms with E-state index < -0.39 is 6.10 Å². The molecule has 0 bridgehead atoms. The first kappa shape index (κ1) is 13.5. The highest BCUT2D eigenvalue weighted by Gasteiger charge is 2.12. The lowest BCUT2D eigenvalue weighted by Crippen LogP contribution is -2.18. The Morgan fingerprint density at radius 2 is 1.85 bits per heavy atom. The predicted molar refractivity (Wildman–Crippen MR) is 84.8 cm³/mol. The molecule has 1 heterocycles. The highest BCUT2D eigenvalue weighted by molar-refractivity contribution is 9.10. The van der Waals surface area contributed by atoms with Gasteiger partial charge in [-0.3, -0.25) is 5.41 Å². The summed E-state index contributed by atoms with van der Waals surface area (Å²) in [5.41, 5.74) is 1.86. The number of rotatable bonds is 3. The fraction of sp³-hybridized carbons (Fsp3) is 0.133. The van der Waals surface area contributed by atoms with E-state index in [1.807, 2.05) is 53.1 Å². The van der Waals surface area contributed by atoms with Gasteiger partial charge >= 0.3 is 0 Å². The Kier molecular flexibility index (Phi) is 3.74. The van der Waals surface area contributed by atoms with Crippen LogP contribution < -0.4 is 4.80 Å². The van der Waals surface area contributed by atoms with E-state index in [0.29, 0.717) is 11.3 Å². The summed E-state index contributed by atoms with van der Waals surface area (Å²) < 4.78 is 3.91. The van der Waals surface area contributed by atoms with E-state index in [2.05, 4.69) is 15.9 Å². The second kappa shape index (κ2) is 5.52. The van der Waals surface area contributed by atoms with Crippen LogP contribution in [0.25, 0.3) is 10.2 Å². The quantitative estimate of drug-likeness (QED) is 0.745. The minimum absolute atomic E-state index is 0.393. The summed E-state index contributed by atoms with van der Waals surface area (Å²) in [7, 11) is 0. The monoisotopic (exact) mass is 348 g/mol. The molecule has 3 aromatic rings. The third-order valence-electron chi connectivity index (χ3n) is 3.22. The Bertz CT molecular complexity index is 791. The van der Waals surface area contributed by atoms with E-state index in [0.717, 1.165) is 20.3 Å². The molecule has 5 heteroatoms. The molecule has 102 valence electrons. The van der Waals surface area contributed by atoms with E-state index in [9.17, 15) is 5.11 Å². The number of halogens is 1. The molecule has 0 spiro atoms. The van der Waals surface area contributed by atoms with Crippen molar-refractivity contribution in [1.82, 2.24) is 4.57 Å². The van der Waals surface area contributed by atoms with Crippen molar-refractivity contribution < 1.29 is 5.11 Å². The number of aliphatic hydroxyl groups excluding tert-OH is 1. The molecule has 0 aliphatic carbocycles. The molecule has 3 rings (SSSR count). The fourth-order valence-electron chi connectivity index (χ4n) is 2.18. The molecular formula is C15H13BrN2OS. The molecule has 1 aromatic heterocycles. The third-order valence-corrected chi connectivity index (χ3v) is 4.73. The zero-order chi connectivity index (χ0) is 14.1. The average Bonchev–Trinajstić information content (AvgIpc) is 2.76. The Labute approximate surface area is 128 Å². The first-order valence-electron chi connectivity index (χ1n) is 6.21. The Morgan fingerprint density at radius 3 is 2.60 bits per heavy atom. The van der Waals surface area contributed by atoms with Gasteiger partial charge in [-0.15, -0.1) is 0 Å². The highest BCUT2D eigenvalue weighted by atomic mass is 79.9. The fourth-order valence-corrected chi connectivity index (χ4v) is 3.36. The first-order chi connectivity index (χ1) is 9.65. The SMILES string of the molecule is N=c1sc2ccccc2n1CC(O)c1ccc(Br)cc1.